The Hall–Kier alpha value is -2.69. The summed E-state index contributed by atoms with van der Waals surface area (Å²) in [5.74, 6) is 0.447. The van der Waals surface area contributed by atoms with Crippen LogP contribution in [0.5, 0.6) is 11.5 Å². The average Bonchev–Trinajstić information content (AvgIpc) is 2.47. The van der Waals surface area contributed by atoms with Gasteiger partial charge in [-0.25, -0.2) is 0 Å². The number of carbonyl (C=O) groups excluding carboxylic acids is 1. The molecule has 0 saturated heterocycles. The van der Waals surface area contributed by atoms with Crippen LogP contribution in [0.15, 0.2) is 42.5 Å². The summed E-state index contributed by atoms with van der Waals surface area (Å²) in [4.78, 5) is 14.2. The molecule has 0 aliphatic heterocycles. The van der Waals surface area contributed by atoms with E-state index in [0.717, 1.165) is 0 Å². The maximum absolute atomic E-state index is 12.6. The van der Waals surface area contributed by atoms with Crippen molar-refractivity contribution >= 4 is 17.3 Å². The molecular weight excluding hydrogens is 268 g/mol. The molecule has 0 aliphatic rings. The Balaban J connectivity index is 2.39. The van der Waals surface area contributed by atoms with Gasteiger partial charge in [0.05, 0.1) is 7.11 Å². The number of rotatable bonds is 4. The molecule has 0 unspecified atom stereocenters. The smallest absolute Gasteiger partial charge is 0.258 e. The Morgan fingerprint density at radius 2 is 2.05 bits per heavy atom. The molecule has 1 amide bonds. The van der Waals surface area contributed by atoms with E-state index < -0.39 is 0 Å². The van der Waals surface area contributed by atoms with E-state index in [0.29, 0.717) is 29.2 Å². The third-order valence-electron chi connectivity index (χ3n) is 3.11. The van der Waals surface area contributed by atoms with Gasteiger partial charge in [-0.05, 0) is 31.2 Å². The lowest BCUT2D eigenvalue weighted by molar-refractivity contribution is 0.0988. The number of phenols is 1. The van der Waals surface area contributed by atoms with Crippen LogP contribution in [0.25, 0.3) is 0 Å². The lowest BCUT2D eigenvalue weighted by Gasteiger charge is -2.21. The van der Waals surface area contributed by atoms with E-state index in [9.17, 15) is 9.90 Å². The fourth-order valence-corrected chi connectivity index (χ4v) is 2.12. The highest BCUT2D eigenvalue weighted by molar-refractivity contribution is 6.06. The zero-order valence-electron chi connectivity index (χ0n) is 12.0. The van der Waals surface area contributed by atoms with E-state index in [2.05, 4.69) is 0 Å². The zero-order valence-corrected chi connectivity index (χ0v) is 12.0. The number of carbonyl (C=O) groups is 1. The first-order chi connectivity index (χ1) is 10.0. The van der Waals surface area contributed by atoms with Crippen molar-refractivity contribution in [1.29, 1.82) is 0 Å². The van der Waals surface area contributed by atoms with E-state index in [1.54, 1.807) is 47.4 Å². The van der Waals surface area contributed by atoms with Crippen molar-refractivity contribution in [2.75, 3.05) is 24.3 Å². The minimum atomic E-state index is -0.200. The highest BCUT2D eigenvalue weighted by Gasteiger charge is 2.17. The molecule has 21 heavy (non-hydrogen) atoms. The van der Waals surface area contributed by atoms with Gasteiger partial charge in [0.15, 0.2) is 0 Å². The van der Waals surface area contributed by atoms with Gasteiger partial charge >= 0.3 is 0 Å². The lowest BCUT2D eigenvalue weighted by Crippen LogP contribution is -2.30. The molecule has 110 valence electrons. The third kappa shape index (κ3) is 3.25. The van der Waals surface area contributed by atoms with Gasteiger partial charge in [0, 0.05) is 35.6 Å². The number of ether oxygens (including phenoxy) is 1. The zero-order chi connectivity index (χ0) is 15.4. The van der Waals surface area contributed by atoms with E-state index in [4.69, 9.17) is 10.5 Å². The molecule has 0 aliphatic carbocycles. The second-order valence-electron chi connectivity index (χ2n) is 4.56. The van der Waals surface area contributed by atoms with Gasteiger partial charge in [-0.2, -0.15) is 0 Å². The van der Waals surface area contributed by atoms with Gasteiger partial charge in [0.1, 0.15) is 11.5 Å². The van der Waals surface area contributed by atoms with Gasteiger partial charge in [-0.1, -0.05) is 6.07 Å². The fraction of sp³-hybridized carbons (Fsp3) is 0.188. The standard InChI is InChI=1S/C16H18N2O3/c1-3-18(13-5-4-6-14(19)10-13)16(20)11-7-12(17)9-15(8-11)21-2/h4-10,19H,3,17H2,1-2H3. The van der Waals surface area contributed by atoms with Crippen LogP contribution in [0.3, 0.4) is 0 Å². The van der Waals surface area contributed by atoms with Crippen LogP contribution in [-0.4, -0.2) is 24.7 Å². The SMILES string of the molecule is CCN(C(=O)c1cc(N)cc(OC)c1)c1cccc(O)c1. The van der Waals surface area contributed by atoms with E-state index >= 15 is 0 Å². The molecule has 3 N–H and O–H groups in total. The van der Waals surface area contributed by atoms with Crippen LogP contribution in [0.2, 0.25) is 0 Å². The van der Waals surface area contributed by atoms with E-state index in [-0.39, 0.29) is 11.7 Å². The molecule has 0 aromatic heterocycles. The Bertz CT molecular complexity index is 656. The topological polar surface area (TPSA) is 75.8 Å². The molecule has 0 spiro atoms. The number of phenolic OH excluding ortho intramolecular Hbond substituents is 1. The van der Waals surface area contributed by atoms with Crippen molar-refractivity contribution in [3.8, 4) is 11.5 Å². The second kappa shape index (κ2) is 6.17. The fourth-order valence-electron chi connectivity index (χ4n) is 2.12. The summed E-state index contributed by atoms with van der Waals surface area (Å²) >= 11 is 0. The van der Waals surface area contributed by atoms with Crippen LogP contribution in [0, 0.1) is 0 Å². The molecule has 0 saturated carbocycles. The quantitative estimate of drug-likeness (QED) is 0.847. The molecule has 0 fully saturated rings. The molecule has 2 aromatic rings. The Morgan fingerprint density at radius 3 is 2.67 bits per heavy atom. The predicted molar refractivity (Wildman–Crippen MR) is 82.9 cm³/mol. The summed E-state index contributed by atoms with van der Waals surface area (Å²) in [6.07, 6.45) is 0. The van der Waals surface area contributed by atoms with Crippen molar-refractivity contribution in [2.45, 2.75) is 6.92 Å². The van der Waals surface area contributed by atoms with Gasteiger partial charge in [-0.15, -0.1) is 0 Å². The number of nitrogens with zero attached hydrogens (tertiary/aromatic N) is 1. The number of aromatic hydroxyl groups is 1. The van der Waals surface area contributed by atoms with Crippen LogP contribution < -0.4 is 15.4 Å². The first-order valence-electron chi connectivity index (χ1n) is 6.60. The Kier molecular flexibility index (Phi) is 4.33. The molecule has 0 bridgehead atoms. The highest BCUT2D eigenvalue weighted by Crippen LogP contribution is 2.24. The molecule has 5 nitrogen and oxygen atoms in total. The minimum Gasteiger partial charge on any atom is -0.508 e. The number of hydrogen-bond donors (Lipinski definition) is 2. The maximum atomic E-state index is 12.6. The molecule has 5 heteroatoms. The van der Waals surface area contributed by atoms with Gasteiger partial charge in [-0.3, -0.25) is 4.79 Å². The highest BCUT2D eigenvalue weighted by atomic mass is 16.5. The predicted octanol–water partition coefficient (Wildman–Crippen LogP) is 2.65. The molecule has 0 radical (unpaired) electrons. The monoisotopic (exact) mass is 286 g/mol. The number of amides is 1. The van der Waals surface area contributed by atoms with Gasteiger partial charge in [0.2, 0.25) is 0 Å². The van der Waals surface area contributed by atoms with E-state index in [1.165, 1.54) is 7.11 Å². The number of methoxy groups -OCH3 is 1. The lowest BCUT2D eigenvalue weighted by atomic mass is 10.1. The first kappa shape index (κ1) is 14.7. The largest absolute Gasteiger partial charge is 0.508 e. The molecule has 0 atom stereocenters. The number of benzene rings is 2. The number of nitrogens with two attached hydrogens (primary N) is 1. The van der Waals surface area contributed by atoms with Crippen LogP contribution in [-0.2, 0) is 0 Å². The summed E-state index contributed by atoms with van der Waals surface area (Å²) in [7, 11) is 1.52. The van der Waals surface area contributed by atoms with Crippen LogP contribution in [0.4, 0.5) is 11.4 Å². The van der Waals surface area contributed by atoms with Crippen LogP contribution in [0.1, 0.15) is 17.3 Å². The van der Waals surface area contributed by atoms with E-state index in [1.807, 2.05) is 6.92 Å². The number of nitrogen functional groups attached to an aromatic ring is 1. The summed E-state index contributed by atoms with van der Waals surface area (Å²) in [6, 6.07) is 11.5. The molecule has 2 aromatic carbocycles. The van der Waals surface area contributed by atoms with Crippen LogP contribution >= 0.6 is 0 Å². The maximum Gasteiger partial charge on any atom is 0.258 e. The third-order valence-corrected chi connectivity index (χ3v) is 3.11. The normalized spacial score (nSPS) is 10.2. The average molecular weight is 286 g/mol. The second-order valence-corrected chi connectivity index (χ2v) is 4.56. The molecule has 2 rings (SSSR count). The molecular formula is C16H18N2O3. The molecule has 0 heterocycles. The summed E-state index contributed by atoms with van der Waals surface area (Å²) in [5.41, 5.74) is 7.32. The first-order valence-corrected chi connectivity index (χ1v) is 6.60. The Labute approximate surface area is 123 Å². The summed E-state index contributed by atoms with van der Waals surface area (Å²) < 4.78 is 5.13. The summed E-state index contributed by atoms with van der Waals surface area (Å²) in [6.45, 7) is 2.34. The number of anilines is 2. The van der Waals surface area contributed by atoms with Crippen molar-refractivity contribution in [3.63, 3.8) is 0 Å². The summed E-state index contributed by atoms with van der Waals surface area (Å²) in [5, 5.41) is 9.56. The van der Waals surface area contributed by atoms with Crippen molar-refractivity contribution in [1.82, 2.24) is 0 Å². The minimum absolute atomic E-state index is 0.115. The van der Waals surface area contributed by atoms with Gasteiger partial charge in [0.25, 0.3) is 5.91 Å². The van der Waals surface area contributed by atoms with Crippen molar-refractivity contribution in [2.24, 2.45) is 0 Å². The Morgan fingerprint density at radius 1 is 1.29 bits per heavy atom. The van der Waals surface area contributed by atoms with Crippen molar-refractivity contribution in [3.05, 3.63) is 48.0 Å². The van der Waals surface area contributed by atoms with Crippen molar-refractivity contribution < 1.29 is 14.6 Å². The van der Waals surface area contributed by atoms with Gasteiger partial charge < -0.3 is 20.5 Å². The number of hydrogen-bond acceptors (Lipinski definition) is 4.